The molecule has 0 heteroatoms. The third kappa shape index (κ3) is 1.85. The number of hydrogen-bond acceptors (Lipinski definition) is 0. The largest absolute Gasteiger partial charge is 0.0827 e. The fourth-order valence-electron chi connectivity index (χ4n) is 1.89. The Labute approximate surface area is 58.0 Å². The van der Waals surface area contributed by atoms with E-state index in [0.717, 1.165) is 11.8 Å². The van der Waals surface area contributed by atoms with Gasteiger partial charge in [0.25, 0.3) is 0 Å². The van der Waals surface area contributed by atoms with Crippen LogP contribution in [0.3, 0.4) is 0 Å². The molecular formula is C9H16. The van der Waals surface area contributed by atoms with Gasteiger partial charge in [0.05, 0.1) is 0 Å². The summed E-state index contributed by atoms with van der Waals surface area (Å²) in [6, 6.07) is 0. The van der Waals surface area contributed by atoms with Crippen LogP contribution in [-0.4, -0.2) is 0 Å². The first kappa shape index (κ1) is 6.85. The standard InChI is InChI=1S/C9H16/c1-7-4-8(2)6-9(3)5-7/h4,7,9H,5-6H2,1-3H3. The van der Waals surface area contributed by atoms with E-state index >= 15 is 0 Å². The Balaban J connectivity index is 2.56. The molecule has 0 saturated carbocycles. The van der Waals surface area contributed by atoms with Crippen molar-refractivity contribution in [2.75, 3.05) is 0 Å². The third-order valence-corrected chi connectivity index (χ3v) is 2.01. The lowest BCUT2D eigenvalue weighted by molar-refractivity contribution is 0.435. The van der Waals surface area contributed by atoms with E-state index in [1.54, 1.807) is 5.57 Å². The maximum atomic E-state index is 2.40. The van der Waals surface area contributed by atoms with Crippen molar-refractivity contribution in [2.45, 2.75) is 33.6 Å². The van der Waals surface area contributed by atoms with Gasteiger partial charge in [-0.25, -0.2) is 0 Å². The van der Waals surface area contributed by atoms with Gasteiger partial charge >= 0.3 is 0 Å². The molecule has 1 aliphatic rings. The normalized spacial score (nSPS) is 36.1. The predicted molar refractivity (Wildman–Crippen MR) is 41.3 cm³/mol. The van der Waals surface area contributed by atoms with Crippen molar-refractivity contribution in [1.82, 2.24) is 0 Å². The molecule has 2 atom stereocenters. The highest BCUT2D eigenvalue weighted by molar-refractivity contribution is 5.05. The first-order valence-corrected chi connectivity index (χ1v) is 3.86. The van der Waals surface area contributed by atoms with Crippen molar-refractivity contribution in [3.8, 4) is 0 Å². The molecule has 0 spiro atoms. The second-order valence-corrected chi connectivity index (χ2v) is 3.54. The van der Waals surface area contributed by atoms with Crippen molar-refractivity contribution < 1.29 is 0 Å². The number of rotatable bonds is 0. The van der Waals surface area contributed by atoms with Gasteiger partial charge < -0.3 is 0 Å². The Morgan fingerprint density at radius 3 is 2.56 bits per heavy atom. The molecule has 0 nitrogen and oxygen atoms in total. The molecule has 0 N–H and O–H groups in total. The van der Waals surface area contributed by atoms with Gasteiger partial charge in [0.1, 0.15) is 0 Å². The van der Waals surface area contributed by atoms with Crippen molar-refractivity contribution in [3.05, 3.63) is 11.6 Å². The van der Waals surface area contributed by atoms with Crippen LogP contribution < -0.4 is 0 Å². The molecule has 1 aliphatic carbocycles. The van der Waals surface area contributed by atoms with Gasteiger partial charge in [0.15, 0.2) is 0 Å². The van der Waals surface area contributed by atoms with Crippen LogP contribution >= 0.6 is 0 Å². The Morgan fingerprint density at radius 1 is 1.44 bits per heavy atom. The average Bonchev–Trinajstić information content (AvgIpc) is 1.59. The van der Waals surface area contributed by atoms with E-state index in [0.29, 0.717) is 0 Å². The van der Waals surface area contributed by atoms with Crippen LogP contribution in [0.15, 0.2) is 11.6 Å². The van der Waals surface area contributed by atoms with Crippen LogP contribution in [0.1, 0.15) is 33.6 Å². The summed E-state index contributed by atoms with van der Waals surface area (Å²) in [6.07, 6.45) is 5.11. The molecule has 0 aromatic heterocycles. The van der Waals surface area contributed by atoms with Gasteiger partial charge in [-0.3, -0.25) is 0 Å². The minimum atomic E-state index is 0.828. The lowest BCUT2D eigenvalue weighted by atomic mass is 9.85. The number of allylic oxidation sites excluding steroid dienone is 2. The molecule has 0 radical (unpaired) electrons. The van der Waals surface area contributed by atoms with E-state index in [-0.39, 0.29) is 0 Å². The highest BCUT2D eigenvalue weighted by Gasteiger charge is 2.12. The summed E-state index contributed by atoms with van der Waals surface area (Å²) in [5.74, 6) is 1.75. The predicted octanol–water partition coefficient (Wildman–Crippen LogP) is 3.00. The quantitative estimate of drug-likeness (QED) is 0.435. The van der Waals surface area contributed by atoms with Gasteiger partial charge in [-0.1, -0.05) is 25.5 Å². The smallest absolute Gasteiger partial charge is 0.0257 e. The molecule has 0 aromatic carbocycles. The van der Waals surface area contributed by atoms with Crippen molar-refractivity contribution in [2.24, 2.45) is 11.8 Å². The lowest BCUT2D eigenvalue weighted by Crippen LogP contribution is -2.07. The second-order valence-electron chi connectivity index (χ2n) is 3.54. The van der Waals surface area contributed by atoms with Crippen molar-refractivity contribution >= 4 is 0 Å². The van der Waals surface area contributed by atoms with Gasteiger partial charge in [-0.2, -0.15) is 0 Å². The SMILES string of the molecule is CC1=CC(C)CC(C)C1. The molecule has 0 fully saturated rings. The summed E-state index contributed by atoms with van der Waals surface area (Å²) in [5, 5.41) is 0. The fourth-order valence-corrected chi connectivity index (χ4v) is 1.89. The minimum absolute atomic E-state index is 0.828. The van der Waals surface area contributed by atoms with E-state index < -0.39 is 0 Å². The van der Waals surface area contributed by atoms with E-state index in [4.69, 9.17) is 0 Å². The highest BCUT2D eigenvalue weighted by Crippen LogP contribution is 2.26. The first-order valence-electron chi connectivity index (χ1n) is 3.86. The molecule has 2 unspecified atom stereocenters. The molecular weight excluding hydrogens is 108 g/mol. The Bertz CT molecular complexity index is 122. The summed E-state index contributed by atoms with van der Waals surface area (Å²) < 4.78 is 0. The van der Waals surface area contributed by atoms with Crippen LogP contribution in [0.2, 0.25) is 0 Å². The molecule has 9 heavy (non-hydrogen) atoms. The molecule has 52 valence electrons. The maximum absolute atomic E-state index is 2.40. The van der Waals surface area contributed by atoms with Crippen LogP contribution in [0, 0.1) is 11.8 Å². The molecule has 1 rings (SSSR count). The zero-order valence-electron chi connectivity index (χ0n) is 6.65. The second kappa shape index (κ2) is 2.55. The third-order valence-electron chi connectivity index (χ3n) is 2.01. The van der Waals surface area contributed by atoms with Gasteiger partial charge in [-0.15, -0.1) is 0 Å². The Hall–Kier alpha value is -0.260. The van der Waals surface area contributed by atoms with Crippen LogP contribution in [-0.2, 0) is 0 Å². The van der Waals surface area contributed by atoms with Crippen molar-refractivity contribution in [1.29, 1.82) is 0 Å². The van der Waals surface area contributed by atoms with E-state index in [9.17, 15) is 0 Å². The summed E-state index contributed by atoms with van der Waals surface area (Å²) in [6.45, 7) is 6.89. The van der Waals surface area contributed by atoms with Crippen LogP contribution in [0.5, 0.6) is 0 Å². The summed E-state index contributed by atoms with van der Waals surface area (Å²) in [7, 11) is 0. The van der Waals surface area contributed by atoms with E-state index in [1.165, 1.54) is 12.8 Å². The van der Waals surface area contributed by atoms with Crippen LogP contribution in [0.4, 0.5) is 0 Å². The van der Waals surface area contributed by atoms with Gasteiger partial charge in [0.2, 0.25) is 0 Å². The van der Waals surface area contributed by atoms with Gasteiger partial charge in [-0.05, 0) is 31.6 Å². The Kier molecular flexibility index (Phi) is 1.94. The fraction of sp³-hybridized carbons (Fsp3) is 0.778. The molecule has 0 amide bonds. The monoisotopic (exact) mass is 124 g/mol. The van der Waals surface area contributed by atoms with Gasteiger partial charge in [0, 0.05) is 0 Å². The lowest BCUT2D eigenvalue weighted by Gasteiger charge is -2.21. The molecule has 0 bridgehead atoms. The average molecular weight is 124 g/mol. The zero-order valence-corrected chi connectivity index (χ0v) is 6.65. The number of hydrogen-bond donors (Lipinski definition) is 0. The first-order chi connectivity index (χ1) is 4.18. The minimum Gasteiger partial charge on any atom is -0.0827 e. The molecule has 0 aromatic rings. The highest BCUT2D eigenvalue weighted by atomic mass is 14.2. The van der Waals surface area contributed by atoms with Crippen molar-refractivity contribution in [3.63, 3.8) is 0 Å². The Morgan fingerprint density at radius 2 is 2.11 bits per heavy atom. The molecule has 0 saturated heterocycles. The summed E-state index contributed by atoms with van der Waals surface area (Å²) in [5.41, 5.74) is 1.58. The zero-order chi connectivity index (χ0) is 6.85. The van der Waals surface area contributed by atoms with E-state index in [2.05, 4.69) is 26.8 Å². The van der Waals surface area contributed by atoms with E-state index in [1.807, 2.05) is 0 Å². The molecule has 0 heterocycles. The summed E-state index contributed by atoms with van der Waals surface area (Å²) in [4.78, 5) is 0. The topological polar surface area (TPSA) is 0 Å². The summed E-state index contributed by atoms with van der Waals surface area (Å²) >= 11 is 0. The molecule has 0 aliphatic heterocycles. The van der Waals surface area contributed by atoms with Crippen LogP contribution in [0.25, 0.3) is 0 Å². The maximum Gasteiger partial charge on any atom is -0.0257 e.